The standard InChI is InChI=1S/C18H18O4/c1-11-7-14(10-15(8-11)17(19)20)4-3-13-5-6-16(18(21)22)12(2)9-13/h5-10H,3-4H2,1-2H3,(H,19,20)(H,21,22). The van der Waals surface area contributed by atoms with E-state index in [1.807, 2.05) is 25.1 Å². The van der Waals surface area contributed by atoms with Crippen molar-refractivity contribution in [1.82, 2.24) is 0 Å². The second kappa shape index (κ2) is 6.43. The molecule has 2 aromatic carbocycles. The number of benzene rings is 2. The first kappa shape index (κ1) is 15.8. The summed E-state index contributed by atoms with van der Waals surface area (Å²) < 4.78 is 0. The first-order chi connectivity index (χ1) is 10.4. The molecule has 0 radical (unpaired) electrons. The summed E-state index contributed by atoms with van der Waals surface area (Å²) in [4.78, 5) is 22.1. The molecule has 0 saturated carbocycles. The third-order valence-electron chi connectivity index (χ3n) is 3.61. The summed E-state index contributed by atoms with van der Waals surface area (Å²) >= 11 is 0. The van der Waals surface area contributed by atoms with E-state index in [-0.39, 0.29) is 0 Å². The molecule has 4 nitrogen and oxygen atoms in total. The Morgan fingerprint density at radius 1 is 0.864 bits per heavy atom. The van der Waals surface area contributed by atoms with E-state index in [4.69, 9.17) is 10.2 Å². The summed E-state index contributed by atoms with van der Waals surface area (Å²) in [6.45, 7) is 3.66. The van der Waals surface area contributed by atoms with Crippen molar-refractivity contribution < 1.29 is 19.8 Å². The predicted molar refractivity (Wildman–Crippen MR) is 83.7 cm³/mol. The summed E-state index contributed by atoms with van der Waals surface area (Å²) in [6.07, 6.45) is 1.46. The molecule has 0 amide bonds. The van der Waals surface area contributed by atoms with Gasteiger partial charge in [-0.25, -0.2) is 9.59 Å². The molecule has 0 spiro atoms. The van der Waals surface area contributed by atoms with E-state index >= 15 is 0 Å². The molecular weight excluding hydrogens is 280 g/mol. The fraction of sp³-hybridized carbons (Fsp3) is 0.222. The third-order valence-corrected chi connectivity index (χ3v) is 3.61. The van der Waals surface area contributed by atoms with Crippen molar-refractivity contribution in [1.29, 1.82) is 0 Å². The van der Waals surface area contributed by atoms with Gasteiger partial charge in [0.1, 0.15) is 0 Å². The van der Waals surface area contributed by atoms with Gasteiger partial charge in [-0.1, -0.05) is 23.8 Å². The molecule has 0 saturated heterocycles. The van der Waals surface area contributed by atoms with Crippen LogP contribution in [0.15, 0.2) is 36.4 Å². The molecule has 0 aliphatic rings. The second-order valence-electron chi connectivity index (χ2n) is 5.47. The number of carbonyl (C=O) groups is 2. The zero-order valence-corrected chi connectivity index (χ0v) is 12.6. The predicted octanol–water partition coefficient (Wildman–Crippen LogP) is 3.49. The van der Waals surface area contributed by atoms with Crippen LogP contribution in [-0.2, 0) is 12.8 Å². The van der Waals surface area contributed by atoms with E-state index in [1.54, 1.807) is 25.1 Å². The van der Waals surface area contributed by atoms with E-state index in [9.17, 15) is 9.59 Å². The number of carboxylic acids is 2. The molecule has 114 valence electrons. The van der Waals surface area contributed by atoms with Crippen LogP contribution in [-0.4, -0.2) is 22.2 Å². The first-order valence-electron chi connectivity index (χ1n) is 7.03. The van der Waals surface area contributed by atoms with Crippen molar-refractivity contribution >= 4 is 11.9 Å². The topological polar surface area (TPSA) is 74.6 Å². The van der Waals surface area contributed by atoms with Gasteiger partial charge in [0, 0.05) is 0 Å². The number of aryl methyl sites for hydroxylation is 4. The van der Waals surface area contributed by atoms with Crippen LogP contribution < -0.4 is 0 Å². The highest BCUT2D eigenvalue weighted by atomic mass is 16.4. The van der Waals surface area contributed by atoms with Gasteiger partial charge in [0.2, 0.25) is 0 Å². The Balaban J connectivity index is 2.15. The van der Waals surface area contributed by atoms with E-state index in [1.165, 1.54) is 0 Å². The van der Waals surface area contributed by atoms with Crippen LogP contribution >= 0.6 is 0 Å². The lowest BCUT2D eigenvalue weighted by Gasteiger charge is -2.07. The van der Waals surface area contributed by atoms with Gasteiger partial charge in [0.25, 0.3) is 0 Å². The molecule has 22 heavy (non-hydrogen) atoms. The maximum absolute atomic E-state index is 11.1. The first-order valence-corrected chi connectivity index (χ1v) is 7.03. The third kappa shape index (κ3) is 3.73. The fourth-order valence-electron chi connectivity index (χ4n) is 2.54. The molecule has 0 fully saturated rings. The van der Waals surface area contributed by atoms with E-state index < -0.39 is 11.9 Å². The Labute approximate surface area is 129 Å². The molecule has 0 atom stereocenters. The Bertz CT molecular complexity index is 732. The SMILES string of the molecule is Cc1cc(CCc2ccc(C(=O)O)c(C)c2)cc(C(=O)O)c1. The number of aromatic carboxylic acids is 2. The minimum absolute atomic E-state index is 0.299. The van der Waals surface area contributed by atoms with Crippen molar-refractivity contribution in [3.05, 3.63) is 69.8 Å². The molecule has 0 bridgehead atoms. The Kier molecular flexibility index (Phi) is 4.61. The summed E-state index contributed by atoms with van der Waals surface area (Å²) in [5.74, 6) is -1.85. The van der Waals surface area contributed by atoms with Gasteiger partial charge in [0.15, 0.2) is 0 Å². The van der Waals surface area contributed by atoms with Crippen LogP contribution in [0.3, 0.4) is 0 Å². The minimum atomic E-state index is -0.924. The van der Waals surface area contributed by atoms with E-state index in [0.29, 0.717) is 17.5 Å². The molecular formula is C18H18O4. The van der Waals surface area contributed by atoms with Crippen molar-refractivity contribution in [2.24, 2.45) is 0 Å². The highest BCUT2D eigenvalue weighted by molar-refractivity contribution is 5.89. The number of hydrogen-bond donors (Lipinski definition) is 2. The van der Waals surface area contributed by atoms with Gasteiger partial charge < -0.3 is 10.2 Å². The summed E-state index contributed by atoms with van der Waals surface area (Å²) in [7, 11) is 0. The lowest BCUT2D eigenvalue weighted by Crippen LogP contribution is -2.02. The highest BCUT2D eigenvalue weighted by Crippen LogP contribution is 2.16. The molecule has 0 aliphatic heterocycles. The highest BCUT2D eigenvalue weighted by Gasteiger charge is 2.08. The summed E-state index contributed by atoms with van der Waals surface area (Å²) in [5, 5.41) is 18.1. The fourth-order valence-corrected chi connectivity index (χ4v) is 2.54. The maximum Gasteiger partial charge on any atom is 0.335 e. The summed E-state index contributed by atoms with van der Waals surface area (Å²) in [5.41, 5.74) is 4.28. The maximum atomic E-state index is 11.1. The number of rotatable bonds is 5. The van der Waals surface area contributed by atoms with Gasteiger partial charge >= 0.3 is 11.9 Å². The molecule has 2 rings (SSSR count). The molecule has 2 aromatic rings. The van der Waals surface area contributed by atoms with Crippen LogP contribution in [0.1, 0.15) is 43.0 Å². The lowest BCUT2D eigenvalue weighted by molar-refractivity contribution is 0.0685. The van der Waals surface area contributed by atoms with Crippen molar-refractivity contribution in [3.8, 4) is 0 Å². The van der Waals surface area contributed by atoms with Crippen molar-refractivity contribution in [3.63, 3.8) is 0 Å². The average molecular weight is 298 g/mol. The molecule has 2 N–H and O–H groups in total. The quantitative estimate of drug-likeness (QED) is 0.886. The zero-order valence-electron chi connectivity index (χ0n) is 12.6. The summed E-state index contributed by atoms with van der Waals surface area (Å²) in [6, 6.07) is 10.6. The minimum Gasteiger partial charge on any atom is -0.478 e. The number of carboxylic acid groups (broad SMARTS) is 2. The normalized spacial score (nSPS) is 10.5. The van der Waals surface area contributed by atoms with Crippen LogP contribution in [0.5, 0.6) is 0 Å². The van der Waals surface area contributed by atoms with Crippen LogP contribution in [0, 0.1) is 13.8 Å². The molecule has 0 aliphatic carbocycles. The smallest absolute Gasteiger partial charge is 0.335 e. The lowest BCUT2D eigenvalue weighted by atomic mass is 9.98. The number of hydrogen-bond acceptors (Lipinski definition) is 2. The van der Waals surface area contributed by atoms with Gasteiger partial charge in [-0.05, 0) is 61.6 Å². The van der Waals surface area contributed by atoms with Gasteiger partial charge in [-0.15, -0.1) is 0 Å². The molecule has 0 aromatic heterocycles. The van der Waals surface area contributed by atoms with Crippen LogP contribution in [0.25, 0.3) is 0 Å². The van der Waals surface area contributed by atoms with E-state index in [2.05, 4.69) is 0 Å². The average Bonchev–Trinajstić information content (AvgIpc) is 2.44. The second-order valence-corrected chi connectivity index (χ2v) is 5.47. The molecule has 4 heteroatoms. The molecule has 0 heterocycles. The Morgan fingerprint density at radius 2 is 1.55 bits per heavy atom. The van der Waals surface area contributed by atoms with Gasteiger partial charge in [0.05, 0.1) is 11.1 Å². The Morgan fingerprint density at radius 3 is 2.14 bits per heavy atom. The van der Waals surface area contributed by atoms with Crippen LogP contribution in [0.2, 0.25) is 0 Å². The van der Waals surface area contributed by atoms with E-state index in [0.717, 1.165) is 28.7 Å². The van der Waals surface area contributed by atoms with Gasteiger partial charge in [-0.2, -0.15) is 0 Å². The van der Waals surface area contributed by atoms with Crippen molar-refractivity contribution in [2.75, 3.05) is 0 Å². The zero-order chi connectivity index (χ0) is 16.3. The van der Waals surface area contributed by atoms with Gasteiger partial charge in [-0.3, -0.25) is 0 Å². The largest absolute Gasteiger partial charge is 0.478 e. The monoisotopic (exact) mass is 298 g/mol. The Hall–Kier alpha value is -2.62. The van der Waals surface area contributed by atoms with Crippen LogP contribution in [0.4, 0.5) is 0 Å². The molecule has 0 unspecified atom stereocenters. The van der Waals surface area contributed by atoms with Crippen molar-refractivity contribution in [2.45, 2.75) is 26.7 Å².